The fourth-order valence-corrected chi connectivity index (χ4v) is 4.13. The molecule has 3 unspecified atom stereocenters. The molecule has 1 saturated heterocycles. The molecule has 1 aliphatic carbocycles. The summed E-state index contributed by atoms with van der Waals surface area (Å²) in [6, 6.07) is 8.72. The van der Waals surface area contributed by atoms with Gasteiger partial charge in [0, 0.05) is 36.6 Å². The van der Waals surface area contributed by atoms with Crippen LogP contribution in [-0.4, -0.2) is 24.0 Å². The van der Waals surface area contributed by atoms with E-state index < -0.39 is 0 Å². The molecule has 2 N–H and O–H groups in total. The van der Waals surface area contributed by atoms with Gasteiger partial charge in [-0.15, -0.1) is 0 Å². The molecule has 0 radical (unpaired) electrons. The van der Waals surface area contributed by atoms with Gasteiger partial charge in [0.25, 0.3) is 0 Å². The van der Waals surface area contributed by atoms with Crippen molar-refractivity contribution in [3.8, 4) is 0 Å². The van der Waals surface area contributed by atoms with E-state index in [1.54, 1.807) is 0 Å². The van der Waals surface area contributed by atoms with Gasteiger partial charge in [0.05, 0.1) is 6.26 Å². The molecule has 20 heavy (non-hydrogen) atoms. The number of benzene rings is 1. The SMILES string of the molecule is NC1CCCC2CN(Cc3coc4ccccc34)CC12. The van der Waals surface area contributed by atoms with Gasteiger partial charge < -0.3 is 10.2 Å². The van der Waals surface area contributed by atoms with Crippen LogP contribution in [0.15, 0.2) is 34.9 Å². The normalized spacial score (nSPS) is 30.8. The van der Waals surface area contributed by atoms with Crippen molar-refractivity contribution in [2.24, 2.45) is 17.6 Å². The molecule has 106 valence electrons. The first-order valence-electron chi connectivity index (χ1n) is 7.74. The Morgan fingerprint density at radius 3 is 3.00 bits per heavy atom. The summed E-state index contributed by atoms with van der Waals surface area (Å²) in [4.78, 5) is 2.57. The van der Waals surface area contributed by atoms with Gasteiger partial charge in [0.1, 0.15) is 5.58 Å². The summed E-state index contributed by atoms with van der Waals surface area (Å²) in [7, 11) is 0. The Morgan fingerprint density at radius 2 is 2.10 bits per heavy atom. The molecule has 4 rings (SSSR count). The Balaban J connectivity index is 1.52. The number of fused-ring (bicyclic) bond motifs is 2. The van der Waals surface area contributed by atoms with Crippen molar-refractivity contribution in [3.05, 3.63) is 36.1 Å². The van der Waals surface area contributed by atoms with Crippen LogP contribution in [0.25, 0.3) is 11.0 Å². The van der Waals surface area contributed by atoms with Gasteiger partial charge in [-0.05, 0) is 30.7 Å². The van der Waals surface area contributed by atoms with E-state index in [0.717, 1.165) is 24.6 Å². The number of nitrogens with zero attached hydrogens (tertiary/aromatic N) is 1. The molecule has 2 heterocycles. The zero-order chi connectivity index (χ0) is 13.5. The molecule has 1 saturated carbocycles. The van der Waals surface area contributed by atoms with Gasteiger partial charge in [-0.1, -0.05) is 24.6 Å². The number of rotatable bonds is 2. The number of likely N-dealkylation sites (tertiary alicyclic amines) is 1. The smallest absolute Gasteiger partial charge is 0.134 e. The largest absolute Gasteiger partial charge is 0.464 e. The van der Waals surface area contributed by atoms with E-state index in [0.29, 0.717) is 12.0 Å². The van der Waals surface area contributed by atoms with Gasteiger partial charge >= 0.3 is 0 Å². The fourth-order valence-electron chi connectivity index (χ4n) is 4.13. The van der Waals surface area contributed by atoms with E-state index in [9.17, 15) is 0 Å². The van der Waals surface area contributed by atoms with Gasteiger partial charge in [-0.25, -0.2) is 0 Å². The van der Waals surface area contributed by atoms with Crippen molar-refractivity contribution < 1.29 is 4.42 Å². The van der Waals surface area contributed by atoms with Gasteiger partial charge in [0.2, 0.25) is 0 Å². The first kappa shape index (κ1) is 12.4. The Morgan fingerprint density at radius 1 is 1.20 bits per heavy atom. The first-order valence-corrected chi connectivity index (χ1v) is 7.74. The minimum absolute atomic E-state index is 0.417. The predicted octanol–water partition coefficient (Wildman–Crippen LogP) is 2.99. The lowest BCUT2D eigenvalue weighted by molar-refractivity contribution is 0.259. The number of hydrogen-bond donors (Lipinski definition) is 1. The highest BCUT2D eigenvalue weighted by Crippen LogP contribution is 2.36. The maximum atomic E-state index is 6.30. The molecule has 0 spiro atoms. The minimum atomic E-state index is 0.417. The van der Waals surface area contributed by atoms with E-state index in [-0.39, 0.29) is 0 Å². The Kier molecular flexibility index (Phi) is 3.04. The van der Waals surface area contributed by atoms with Crippen molar-refractivity contribution in [2.45, 2.75) is 31.8 Å². The number of furan rings is 1. The number of hydrogen-bond acceptors (Lipinski definition) is 3. The van der Waals surface area contributed by atoms with Crippen LogP contribution in [0, 0.1) is 11.8 Å². The predicted molar refractivity (Wildman–Crippen MR) is 80.3 cm³/mol. The summed E-state index contributed by atoms with van der Waals surface area (Å²) in [6.45, 7) is 3.36. The first-order chi connectivity index (χ1) is 9.81. The second kappa shape index (κ2) is 4.90. The van der Waals surface area contributed by atoms with Crippen LogP contribution < -0.4 is 5.73 Å². The van der Waals surface area contributed by atoms with E-state index >= 15 is 0 Å². The third kappa shape index (κ3) is 2.05. The van der Waals surface area contributed by atoms with E-state index in [1.807, 2.05) is 18.4 Å². The highest BCUT2D eigenvalue weighted by atomic mass is 16.3. The van der Waals surface area contributed by atoms with Gasteiger partial charge in [-0.2, -0.15) is 0 Å². The van der Waals surface area contributed by atoms with E-state index in [2.05, 4.69) is 17.0 Å². The standard InChI is InChI=1S/C17H22N2O/c18-16-6-3-4-12-8-19(10-15(12)16)9-13-11-20-17-7-2-1-5-14(13)17/h1-2,5,7,11-12,15-16H,3-4,6,8-10,18H2. The van der Waals surface area contributed by atoms with Crippen molar-refractivity contribution >= 4 is 11.0 Å². The van der Waals surface area contributed by atoms with Gasteiger partial charge in [-0.3, -0.25) is 4.90 Å². The molecule has 3 atom stereocenters. The minimum Gasteiger partial charge on any atom is -0.464 e. The summed E-state index contributed by atoms with van der Waals surface area (Å²) >= 11 is 0. The molecule has 3 nitrogen and oxygen atoms in total. The average Bonchev–Trinajstić information content (AvgIpc) is 3.05. The molecule has 2 aromatic rings. The molecule has 1 aliphatic heterocycles. The zero-order valence-corrected chi connectivity index (χ0v) is 11.8. The third-order valence-electron chi connectivity index (χ3n) is 5.18. The van der Waals surface area contributed by atoms with Crippen LogP contribution in [0.2, 0.25) is 0 Å². The Labute approximate surface area is 119 Å². The number of para-hydroxylation sites is 1. The Bertz CT molecular complexity index is 606. The second-order valence-corrected chi connectivity index (χ2v) is 6.47. The lowest BCUT2D eigenvalue weighted by Crippen LogP contribution is -2.38. The summed E-state index contributed by atoms with van der Waals surface area (Å²) in [5, 5.41) is 1.26. The highest BCUT2D eigenvalue weighted by Gasteiger charge is 2.38. The maximum absolute atomic E-state index is 6.30. The average molecular weight is 270 g/mol. The topological polar surface area (TPSA) is 42.4 Å². The second-order valence-electron chi connectivity index (χ2n) is 6.47. The molecular formula is C17H22N2O. The summed E-state index contributed by atoms with van der Waals surface area (Å²) < 4.78 is 5.65. The van der Waals surface area contributed by atoms with Crippen molar-refractivity contribution in [1.29, 1.82) is 0 Å². The molecule has 1 aromatic carbocycles. The third-order valence-corrected chi connectivity index (χ3v) is 5.18. The summed E-state index contributed by atoms with van der Waals surface area (Å²) in [5.74, 6) is 1.53. The molecule has 2 fully saturated rings. The van der Waals surface area contributed by atoms with Crippen molar-refractivity contribution in [1.82, 2.24) is 4.90 Å². The zero-order valence-electron chi connectivity index (χ0n) is 11.8. The summed E-state index contributed by atoms with van der Waals surface area (Å²) in [6.07, 6.45) is 5.81. The monoisotopic (exact) mass is 270 g/mol. The van der Waals surface area contributed by atoms with E-state index in [1.165, 1.54) is 36.8 Å². The van der Waals surface area contributed by atoms with Crippen LogP contribution in [0.3, 0.4) is 0 Å². The molecule has 3 heteroatoms. The number of nitrogens with two attached hydrogens (primary N) is 1. The van der Waals surface area contributed by atoms with Crippen LogP contribution in [-0.2, 0) is 6.54 Å². The van der Waals surface area contributed by atoms with Crippen LogP contribution >= 0.6 is 0 Å². The van der Waals surface area contributed by atoms with E-state index in [4.69, 9.17) is 10.2 Å². The van der Waals surface area contributed by atoms with Crippen LogP contribution in [0.1, 0.15) is 24.8 Å². The molecule has 1 aromatic heterocycles. The lowest BCUT2D eigenvalue weighted by atomic mass is 9.78. The van der Waals surface area contributed by atoms with Crippen LogP contribution in [0.4, 0.5) is 0 Å². The van der Waals surface area contributed by atoms with Crippen molar-refractivity contribution in [3.63, 3.8) is 0 Å². The molecule has 0 amide bonds. The molecule has 2 aliphatic rings. The fraction of sp³-hybridized carbons (Fsp3) is 0.529. The maximum Gasteiger partial charge on any atom is 0.134 e. The quantitative estimate of drug-likeness (QED) is 0.912. The highest BCUT2D eigenvalue weighted by molar-refractivity contribution is 5.80. The summed E-state index contributed by atoms with van der Waals surface area (Å²) in [5.41, 5.74) is 8.61. The van der Waals surface area contributed by atoms with Gasteiger partial charge in [0.15, 0.2) is 0 Å². The Hall–Kier alpha value is -1.32. The van der Waals surface area contributed by atoms with Crippen LogP contribution in [0.5, 0.6) is 0 Å². The van der Waals surface area contributed by atoms with Crippen molar-refractivity contribution in [2.75, 3.05) is 13.1 Å². The lowest BCUT2D eigenvalue weighted by Gasteiger charge is -2.29. The molecule has 0 bridgehead atoms. The molecular weight excluding hydrogens is 248 g/mol.